The fraction of sp³-hybridized carbons (Fsp3) is 0.333. The second-order valence-corrected chi connectivity index (χ2v) is 7.29. The molecular weight excluding hydrogens is 387 g/mol. The number of anilines is 1. The Hall–Kier alpha value is -3.51. The van der Waals surface area contributed by atoms with E-state index in [0.717, 1.165) is 5.39 Å². The Kier molecular flexibility index (Phi) is 6.28. The van der Waals surface area contributed by atoms with Crippen LogP contribution in [0.2, 0.25) is 0 Å². The van der Waals surface area contributed by atoms with E-state index in [-0.39, 0.29) is 18.2 Å². The fourth-order valence-corrected chi connectivity index (χ4v) is 2.91. The van der Waals surface area contributed by atoms with Gasteiger partial charge in [0.05, 0.1) is 29.5 Å². The lowest BCUT2D eigenvalue weighted by Gasteiger charge is -2.17. The minimum Gasteiger partial charge on any atom is -0.390 e. The quantitative estimate of drug-likeness (QED) is 0.551. The van der Waals surface area contributed by atoms with E-state index in [0.29, 0.717) is 22.7 Å². The highest BCUT2D eigenvalue weighted by molar-refractivity contribution is 5.99. The van der Waals surface area contributed by atoms with E-state index in [9.17, 15) is 14.3 Å². The normalized spacial score (nSPS) is 13.1. The first kappa shape index (κ1) is 21.2. The summed E-state index contributed by atoms with van der Waals surface area (Å²) in [6.45, 7) is 4.90. The summed E-state index contributed by atoms with van der Waals surface area (Å²) >= 11 is 0. The van der Waals surface area contributed by atoms with Gasteiger partial charge in [0.2, 0.25) is 0 Å². The van der Waals surface area contributed by atoms with E-state index < -0.39 is 18.2 Å². The summed E-state index contributed by atoms with van der Waals surface area (Å²) < 4.78 is 15.4. The maximum atomic E-state index is 13.6. The van der Waals surface area contributed by atoms with Gasteiger partial charge in [0, 0.05) is 36.1 Å². The molecule has 0 saturated heterocycles. The van der Waals surface area contributed by atoms with Crippen molar-refractivity contribution in [3.05, 3.63) is 47.9 Å². The average molecular weight is 410 g/mol. The smallest absolute Gasteiger partial charge is 0.255 e. The number of nitrogens with one attached hydrogen (secondary N) is 2. The number of pyridine rings is 2. The highest BCUT2D eigenvalue weighted by Crippen LogP contribution is 2.23. The van der Waals surface area contributed by atoms with Crippen molar-refractivity contribution < 1.29 is 14.3 Å². The third-order valence-electron chi connectivity index (χ3n) is 4.46. The Morgan fingerprint density at radius 2 is 2.07 bits per heavy atom. The lowest BCUT2D eigenvalue weighted by Crippen LogP contribution is -2.35. The second kappa shape index (κ2) is 8.88. The van der Waals surface area contributed by atoms with Gasteiger partial charge in [0.15, 0.2) is 0 Å². The Morgan fingerprint density at radius 3 is 2.73 bits per heavy atom. The molecule has 0 saturated carbocycles. The van der Waals surface area contributed by atoms with Crippen molar-refractivity contribution in [3.63, 3.8) is 0 Å². The summed E-state index contributed by atoms with van der Waals surface area (Å²) in [6.07, 6.45) is 1.97. The molecule has 3 aromatic rings. The zero-order chi connectivity index (χ0) is 21.8. The first-order valence-electron chi connectivity index (χ1n) is 9.54. The molecule has 3 aromatic heterocycles. The van der Waals surface area contributed by atoms with Crippen LogP contribution in [0.5, 0.6) is 0 Å². The van der Waals surface area contributed by atoms with Crippen molar-refractivity contribution in [2.45, 2.75) is 39.1 Å². The van der Waals surface area contributed by atoms with Crippen LogP contribution < -0.4 is 10.6 Å². The summed E-state index contributed by atoms with van der Waals surface area (Å²) in [7, 11) is 0. The predicted molar refractivity (Wildman–Crippen MR) is 111 cm³/mol. The molecule has 2 atom stereocenters. The number of nitrogens with zero attached hydrogens (tertiary/aromatic N) is 4. The van der Waals surface area contributed by atoms with Crippen molar-refractivity contribution in [2.24, 2.45) is 0 Å². The predicted octanol–water partition coefficient (Wildman–Crippen LogP) is 2.56. The molecule has 156 valence electrons. The van der Waals surface area contributed by atoms with Gasteiger partial charge in [-0.25, -0.2) is 14.4 Å². The summed E-state index contributed by atoms with van der Waals surface area (Å²) in [5.41, 5.74) is 1.90. The molecule has 0 spiro atoms. The van der Waals surface area contributed by atoms with Crippen molar-refractivity contribution in [1.82, 2.24) is 19.9 Å². The minimum absolute atomic E-state index is 0.0379. The van der Waals surface area contributed by atoms with Crippen molar-refractivity contribution in [1.29, 1.82) is 5.26 Å². The molecule has 0 aliphatic rings. The Morgan fingerprint density at radius 1 is 1.30 bits per heavy atom. The third-order valence-corrected chi connectivity index (χ3v) is 4.46. The second-order valence-electron chi connectivity index (χ2n) is 7.29. The number of carbonyl (C=O) groups is 1. The molecule has 3 rings (SSSR count). The van der Waals surface area contributed by atoms with Crippen LogP contribution in [0.3, 0.4) is 0 Å². The Balaban J connectivity index is 1.95. The van der Waals surface area contributed by atoms with Crippen LogP contribution in [-0.2, 0) is 0 Å². The van der Waals surface area contributed by atoms with Gasteiger partial charge in [0.25, 0.3) is 5.91 Å². The molecule has 0 radical (unpaired) electrons. The molecule has 0 aromatic carbocycles. The highest BCUT2D eigenvalue weighted by atomic mass is 19.1. The molecule has 0 aliphatic carbocycles. The monoisotopic (exact) mass is 410 g/mol. The van der Waals surface area contributed by atoms with Gasteiger partial charge >= 0.3 is 0 Å². The van der Waals surface area contributed by atoms with Crippen LogP contribution in [0.25, 0.3) is 16.9 Å². The lowest BCUT2D eigenvalue weighted by atomic mass is 10.2. The van der Waals surface area contributed by atoms with E-state index >= 15 is 0 Å². The zero-order valence-electron chi connectivity index (χ0n) is 16.9. The topological polar surface area (TPSA) is 116 Å². The van der Waals surface area contributed by atoms with E-state index in [1.807, 2.05) is 19.9 Å². The van der Waals surface area contributed by atoms with Gasteiger partial charge in [-0.2, -0.15) is 5.26 Å². The van der Waals surface area contributed by atoms with Crippen LogP contribution in [0.1, 0.15) is 36.7 Å². The maximum Gasteiger partial charge on any atom is 0.255 e. The van der Waals surface area contributed by atoms with Gasteiger partial charge in [-0.15, -0.1) is 0 Å². The summed E-state index contributed by atoms with van der Waals surface area (Å²) in [6, 6.07) is 7.39. The fourth-order valence-electron chi connectivity index (χ4n) is 2.91. The van der Waals surface area contributed by atoms with E-state index in [2.05, 4.69) is 26.7 Å². The van der Waals surface area contributed by atoms with Crippen LogP contribution in [0, 0.1) is 11.3 Å². The van der Waals surface area contributed by atoms with Gasteiger partial charge < -0.3 is 15.7 Å². The first-order chi connectivity index (χ1) is 14.3. The average Bonchev–Trinajstić information content (AvgIpc) is 3.14. The van der Waals surface area contributed by atoms with Crippen LogP contribution >= 0.6 is 0 Å². The number of hydrogen-bond donors (Lipinski definition) is 3. The molecule has 3 heterocycles. The number of rotatable bonds is 7. The molecule has 3 N–H and O–H groups in total. The highest BCUT2D eigenvalue weighted by Gasteiger charge is 2.19. The largest absolute Gasteiger partial charge is 0.390 e. The number of aliphatic hydroxyl groups excluding tert-OH is 1. The van der Waals surface area contributed by atoms with Gasteiger partial charge in [0.1, 0.15) is 23.7 Å². The SMILES string of the molecule is CC(C)Nc1cc(-n2ccc3cc(C#N)cnc32)ncc1C(=O)NCC(F)C(C)O. The summed E-state index contributed by atoms with van der Waals surface area (Å²) in [5, 5.41) is 24.8. The maximum absolute atomic E-state index is 13.6. The van der Waals surface area contributed by atoms with Crippen molar-refractivity contribution in [2.75, 3.05) is 11.9 Å². The van der Waals surface area contributed by atoms with Gasteiger partial charge in [-0.1, -0.05) is 0 Å². The molecule has 2 unspecified atom stereocenters. The molecule has 0 fully saturated rings. The number of nitriles is 1. The molecule has 30 heavy (non-hydrogen) atoms. The number of aromatic nitrogens is 3. The standard InChI is InChI=1S/C21H23FN6O2/c1-12(2)27-18-7-19(24-10-16(18)21(30)26-11-17(22)13(3)29)28-5-4-15-6-14(8-23)9-25-20(15)28/h4-7,9-10,12-13,17,29H,11H2,1-3H3,(H,24,27)(H,26,30). The summed E-state index contributed by atoms with van der Waals surface area (Å²) in [4.78, 5) is 21.3. The summed E-state index contributed by atoms with van der Waals surface area (Å²) in [5.74, 6) is 0.0453. The number of fused-ring (bicyclic) bond motifs is 1. The zero-order valence-corrected chi connectivity index (χ0v) is 16.9. The van der Waals surface area contributed by atoms with Crippen LogP contribution in [0.4, 0.5) is 10.1 Å². The Labute approximate surface area is 173 Å². The minimum atomic E-state index is -1.56. The Bertz CT molecular complexity index is 1100. The number of amides is 1. The van der Waals surface area contributed by atoms with Crippen LogP contribution in [0.15, 0.2) is 36.8 Å². The molecule has 0 aliphatic heterocycles. The van der Waals surface area contributed by atoms with Crippen molar-refractivity contribution >= 4 is 22.6 Å². The van der Waals surface area contributed by atoms with Crippen molar-refractivity contribution in [3.8, 4) is 11.9 Å². The number of alkyl halides is 1. The number of halogens is 1. The van der Waals surface area contributed by atoms with Gasteiger partial charge in [-0.05, 0) is 32.9 Å². The number of carbonyl (C=O) groups excluding carboxylic acids is 1. The van der Waals surface area contributed by atoms with E-state index in [1.54, 1.807) is 22.9 Å². The molecule has 0 bridgehead atoms. The molecule has 9 heteroatoms. The molecule has 1 amide bonds. The van der Waals surface area contributed by atoms with Crippen LogP contribution in [-0.4, -0.2) is 50.4 Å². The number of hydrogen-bond acceptors (Lipinski definition) is 6. The first-order valence-corrected chi connectivity index (χ1v) is 9.54. The molecular formula is C21H23FN6O2. The third kappa shape index (κ3) is 4.55. The van der Waals surface area contributed by atoms with E-state index in [1.165, 1.54) is 19.3 Å². The lowest BCUT2D eigenvalue weighted by molar-refractivity contribution is 0.0812. The number of aliphatic hydroxyl groups is 1. The van der Waals surface area contributed by atoms with E-state index in [4.69, 9.17) is 5.26 Å². The van der Waals surface area contributed by atoms with Gasteiger partial charge in [-0.3, -0.25) is 9.36 Å². The molecule has 8 nitrogen and oxygen atoms in total.